The van der Waals surface area contributed by atoms with Gasteiger partial charge in [0.1, 0.15) is 0 Å². The van der Waals surface area contributed by atoms with E-state index in [1.807, 2.05) is 0 Å². The van der Waals surface area contributed by atoms with Crippen LogP contribution in [0.2, 0.25) is 9.88 Å². The average Bonchev–Trinajstić information content (AvgIpc) is 1.36. The minimum atomic E-state index is -1.36. The first-order valence-corrected chi connectivity index (χ1v) is 10.6. The Morgan fingerprint density at radius 2 is 1.83 bits per heavy atom. The molecule has 0 aromatic rings. The standard InChI is InChI=1S/C2H4O.2CH3.Sn.H/c1-2-3;;;;/h2-3H,1H2;2*1H3;;. The Balaban J connectivity index is 2.99. The second kappa shape index (κ2) is 2.85. The number of hydrogen-bond donors (Lipinski definition) is 1. The molecule has 6 heavy (non-hydrogen) atoms. The number of rotatable bonds is 1. The molecule has 0 aliphatic carbocycles. The van der Waals surface area contributed by atoms with E-state index in [1.165, 1.54) is 0 Å². The zero-order valence-electron chi connectivity index (χ0n) is 4.31. The van der Waals surface area contributed by atoms with E-state index in [1.54, 1.807) is 0 Å². The van der Waals surface area contributed by atoms with Crippen LogP contribution >= 0.6 is 0 Å². The van der Waals surface area contributed by atoms with Gasteiger partial charge in [-0.2, -0.15) is 0 Å². The average molecular weight is 194 g/mol. The molecule has 0 saturated heterocycles. The third-order valence-corrected chi connectivity index (χ3v) is 5.16. The fourth-order valence-corrected chi connectivity index (χ4v) is 0. The molecule has 2 heteroatoms. The third-order valence-electron chi connectivity index (χ3n) is 0.770. The van der Waals surface area contributed by atoms with Crippen molar-refractivity contribution >= 4 is 19.8 Å². The fraction of sp³-hybridized carbons (Fsp3) is 0.750. The molecule has 0 rings (SSSR count). The van der Waals surface area contributed by atoms with Crippen molar-refractivity contribution in [3.05, 3.63) is 6.92 Å². The molecule has 0 aromatic heterocycles. The molecule has 0 saturated carbocycles. The van der Waals surface area contributed by atoms with Gasteiger partial charge in [0.2, 0.25) is 0 Å². The summed E-state index contributed by atoms with van der Waals surface area (Å²) in [7, 11) is 0. The molecule has 1 unspecified atom stereocenters. The maximum atomic E-state index is 8.61. The van der Waals surface area contributed by atoms with Gasteiger partial charge in [0.15, 0.2) is 0 Å². The molecule has 0 aliphatic rings. The fourth-order valence-electron chi connectivity index (χ4n) is 0. The van der Waals surface area contributed by atoms with Gasteiger partial charge in [-0.1, -0.05) is 0 Å². The number of aliphatic hydroxyl groups excluding tert-OH is 1. The molecule has 0 spiro atoms. The van der Waals surface area contributed by atoms with Crippen LogP contribution in [0, 0.1) is 6.92 Å². The van der Waals surface area contributed by atoms with Crippen molar-refractivity contribution in [1.82, 2.24) is 0 Å². The topological polar surface area (TPSA) is 20.2 Å². The number of hydrogen-bond acceptors (Lipinski definition) is 1. The van der Waals surface area contributed by atoms with Crippen LogP contribution in [0.15, 0.2) is 0 Å². The number of aliphatic hydroxyl groups is 1. The molecule has 0 aliphatic heterocycles. The van der Waals surface area contributed by atoms with Gasteiger partial charge in [0.05, 0.1) is 0 Å². The molecule has 0 heterocycles. The molecular formula is C4H11OSn. The summed E-state index contributed by atoms with van der Waals surface area (Å²) >= 11 is -1.36. The summed E-state index contributed by atoms with van der Waals surface area (Å²) in [6, 6.07) is 0. The van der Waals surface area contributed by atoms with E-state index in [0.717, 1.165) is 0 Å². The Morgan fingerprint density at radius 3 is 1.83 bits per heavy atom. The summed E-state index contributed by atoms with van der Waals surface area (Å²) in [5.74, 6) is 0. The first-order valence-electron chi connectivity index (χ1n) is 2.15. The monoisotopic (exact) mass is 195 g/mol. The predicted molar refractivity (Wildman–Crippen MR) is 30.2 cm³/mol. The van der Waals surface area contributed by atoms with Crippen LogP contribution in [0.4, 0.5) is 0 Å². The van der Waals surface area contributed by atoms with E-state index >= 15 is 0 Å². The normalized spacial score (nSPS) is 15.5. The van der Waals surface area contributed by atoms with Crippen molar-refractivity contribution in [2.24, 2.45) is 0 Å². The van der Waals surface area contributed by atoms with E-state index in [2.05, 4.69) is 16.8 Å². The van der Waals surface area contributed by atoms with E-state index in [4.69, 9.17) is 5.11 Å². The van der Waals surface area contributed by atoms with Gasteiger partial charge >= 0.3 is 45.8 Å². The molecule has 1 radical (unpaired) electrons. The van der Waals surface area contributed by atoms with Gasteiger partial charge < -0.3 is 0 Å². The Labute approximate surface area is 46.1 Å². The van der Waals surface area contributed by atoms with Gasteiger partial charge in [0.25, 0.3) is 0 Å². The Bertz CT molecular complexity index is 28.5. The Morgan fingerprint density at radius 1 is 1.67 bits per heavy atom. The summed E-state index contributed by atoms with van der Waals surface area (Å²) < 4.78 is -0.188. The van der Waals surface area contributed by atoms with Crippen LogP contribution in [0.5, 0.6) is 0 Å². The molecule has 1 nitrogen and oxygen atoms in total. The second-order valence-electron chi connectivity index (χ2n) is 1.81. The molecule has 0 amide bonds. The summed E-state index contributed by atoms with van der Waals surface area (Å²) in [5.41, 5.74) is 0. The van der Waals surface area contributed by atoms with E-state index in [0.29, 0.717) is 0 Å². The first kappa shape index (κ1) is 6.76. The summed E-state index contributed by atoms with van der Waals surface area (Å²) in [4.78, 5) is 4.28. The van der Waals surface area contributed by atoms with Gasteiger partial charge in [-0.25, -0.2) is 0 Å². The van der Waals surface area contributed by atoms with Crippen molar-refractivity contribution in [1.29, 1.82) is 0 Å². The zero-order valence-corrected chi connectivity index (χ0v) is 7.60. The van der Waals surface area contributed by atoms with Crippen LogP contribution in [0.25, 0.3) is 0 Å². The van der Waals surface area contributed by atoms with Gasteiger partial charge in [-0.3, -0.25) is 0 Å². The molecule has 1 N–H and O–H groups in total. The summed E-state index contributed by atoms with van der Waals surface area (Å²) in [6.07, 6.45) is 0. The van der Waals surface area contributed by atoms with Crippen LogP contribution in [-0.4, -0.2) is 29.0 Å². The van der Waals surface area contributed by atoms with E-state index in [-0.39, 0.29) is 4.12 Å². The molecular weight excluding hydrogens is 183 g/mol. The molecule has 0 aromatic carbocycles. The summed E-state index contributed by atoms with van der Waals surface area (Å²) in [5, 5.41) is 8.61. The van der Waals surface area contributed by atoms with Crippen molar-refractivity contribution in [3.8, 4) is 0 Å². The first-order chi connectivity index (χ1) is 2.64. The van der Waals surface area contributed by atoms with Crippen LogP contribution in [0.1, 0.15) is 0 Å². The van der Waals surface area contributed by atoms with Crippen molar-refractivity contribution in [2.75, 3.05) is 0 Å². The van der Waals surface area contributed by atoms with Gasteiger partial charge in [0, 0.05) is 0 Å². The predicted octanol–water partition coefficient (Wildman–Crippen LogP) is 0.207. The SMILES string of the molecule is [CH2][CH](O)[SnH]([CH3])[CH3]. The van der Waals surface area contributed by atoms with Crippen LogP contribution in [0.3, 0.4) is 0 Å². The molecule has 37 valence electrons. The van der Waals surface area contributed by atoms with Crippen LogP contribution < -0.4 is 0 Å². The molecule has 1 atom stereocenters. The molecule has 0 fully saturated rings. The Kier molecular flexibility index (Phi) is 3.22. The van der Waals surface area contributed by atoms with Gasteiger partial charge in [-0.05, 0) is 0 Å². The Hall–Kier alpha value is 0.759. The van der Waals surface area contributed by atoms with Gasteiger partial charge in [-0.15, -0.1) is 0 Å². The van der Waals surface area contributed by atoms with Crippen molar-refractivity contribution < 1.29 is 5.11 Å². The second-order valence-corrected chi connectivity index (χ2v) is 11.1. The maximum absolute atomic E-state index is 8.61. The molecule has 0 bridgehead atoms. The van der Waals surface area contributed by atoms with E-state index < -0.39 is 19.8 Å². The quantitative estimate of drug-likeness (QED) is 0.591. The zero-order chi connectivity index (χ0) is 5.15. The minimum absolute atomic E-state index is 0.188. The van der Waals surface area contributed by atoms with Crippen LogP contribution in [-0.2, 0) is 0 Å². The van der Waals surface area contributed by atoms with Crippen molar-refractivity contribution in [2.45, 2.75) is 14.0 Å². The summed E-state index contributed by atoms with van der Waals surface area (Å²) in [6.45, 7) is 3.49. The van der Waals surface area contributed by atoms with E-state index in [9.17, 15) is 0 Å². The van der Waals surface area contributed by atoms with Crippen molar-refractivity contribution in [3.63, 3.8) is 0 Å². The third kappa shape index (κ3) is 2.97.